The Kier molecular flexibility index (Phi) is 4.92. The first-order valence-electron chi connectivity index (χ1n) is 8.03. The van der Waals surface area contributed by atoms with E-state index in [2.05, 4.69) is 10.4 Å². The third-order valence-electron chi connectivity index (χ3n) is 4.04. The lowest BCUT2D eigenvalue weighted by Crippen LogP contribution is -2.41. The highest BCUT2D eigenvalue weighted by atomic mass is 16.5. The van der Waals surface area contributed by atoms with Crippen molar-refractivity contribution >= 4 is 11.7 Å². The standard InChI is InChI=1S/C17H22N4O2/c1-2-23-13-16-5-3-11-20(16)17(22)19-14-6-8-15(9-7-14)21-12-4-10-18-21/h4,6-10,12,16H,2-3,5,11,13H2,1H3,(H,19,22). The molecule has 2 amide bonds. The molecule has 1 saturated heterocycles. The number of ether oxygens (including phenoxy) is 1. The number of urea groups is 1. The Morgan fingerprint density at radius 2 is 2.22 bits per heavy atom. The highest BCUT2D eigenvalue weighted by Crippen LogP contribution is 2.20. The first-order valence-corrected chi connectivity index (χ1v) is 8.03. The SMILES string of the molecule is CCOCC1CCCN1C(=O)Nc1ccc(-n2cccn2)cc1. The molecule has 1 atom stereocenters. The number of hydrogen-bond donors (Lipinski definition) is 1. The summed E-state index contributed by atoms with van der Waals surface area (Å²) < 4.78 is 7.26. The van der Waals surface area contributed by atoms with Gasteiger partial charge in [-0.1, -0.05) is 0 Å². The summed E-state index contributed by atoms with van der Waals surface area (Å²) in [5.41, 5.74) is 1.75. The van der Waals surface area contributed by atoms with Gasteiger partial charge in [0.2, 0.25) is 0 Å². The van der Waals surface area contributed by atoms with E-state index in [1.54, 1.807) is 10.9 Å². The van der Waals surface area contributed by atoms with Gasteiger partial charge in [-0.25, -0.2) is 9.48 Å². The Hall–Kier alpha value is -2.34. The maximum absolute atomic E-state index is 12.4. The summed E-state index contributed by atoms with van der Waals surface area (Å²) in [6.07, 6.45) is 5.66. The minimum atomic E-state index is -0.0564. The summed E-state index contributed by atoms with van der Waals surface area (Å²) in [6.45, 7) is 4.05. The van der Waals surface area contributed by atoms with E-state index in [-0.39, 0.29) is 12.1 Å². The van der Waals surface area contributed by atoms with Crippen LogP contribution in [0.4, 0.5) is 10.5 Å². The second-order valence-corrected chi connectivity index (χ2v) is 5.58. The fourth-order valence-corrected chi connectivity index (χ4v) is 2.84. The largest absolute Gasteiger partial charge is 0.380 e. The van der Waals surface area contributed by atoms with Crippen molar-refractivity contribution in [1.29, 1.82) is 0 Å². The zero-order valence-electron chi connectivity index (χ0n) is 13.3. The number of benzene rings is 1. The molecule has 2 heterocycles. The summed E-state index contributed by atoms with van der Waals surface area (Å²) in [5.74, 6) is 0. The van der Waals surface area contributed by atoms with Gasteiger partial charge in [-0.3, -0.25) is 0 Å². The van der Waals surface area contributed by atoms with Gasteiger partial charge in [0.05, 0.1) is 18.3 Å². The highest BCUT2D eigenvalue weighted by Gasteiger charge is 2.28. The number of carbonyl (C=O) groups excluding carboxylic acids is 1. The maximum atomic E-state index is 12.4. The molecule has 122 valence electrons. The molecule has 1 fully saturated rings. The molecule has 0 aliphatic carbocycles. The number of rotatable bonds is 5. The molecule has 1 aromatic carbocycles. The van der Waals surface area contributed by atoms with Crippen molar-refractivity contribution in [3.8, 4) is 5.69 Å². The van der Waals surface area contributed by atoms with E-state index in [4.69, 9.17) is 4.74 Å². The number of amides is 2. The monoisotopic (exact) mass is 314 g/mol. The molecular formula is C17H22N4O2. The molecule has 6 heteroatoms. The lowest BCUT2D eigenvalue weighted by molar-refractivity contribution is 0.0970. The number of aromatic nitrogens is 2. The van der Waals surface area contributed by atoms with E-state index in [9.17, 15) is 4.79 Å². The van der Waals surface area contributed by atoms with Crippen LogP contribution in [0.5, 0.6) is 0 Å². The summed E-state index contributed by atoms with van der Waals surface area (Å²) >= 11 is 0. The van der Waals surface area contributed by atoms with Crippen LogP contribution in [0.2, 0.25) is 0 Å². The summed E-state index contributed by atoms with van der Waals surface area (Å²) in [6, 6.07) is 9.65. The lowest BCUT2D eigenvalue weighted by atomic mass is 10.2. The summed E-state index contributed by atoms with van der Waals surface area (Å²) in [7, 11) is 0. The van der Waals surface area contributed by atoms with Crippen molar-refractivity contribution in [2.45, 2.75) is 25.8 Å². The van der Waals surface area contributed by atoms with Crippen LogP contribution in [0.3, 0.4) is 0 Å². The van der Waals surface area contributed by atoms with Crippen LogP contribution in [0, 0.1) is 0 Å². The third-order valence-corrected chi connectivity index (χ3v) is 4.04. The quantitative estimate of drug-likeness (QED) is 0.923. The van der Waals surface area contributed by atoms with Crippen LogP contribution in [-0.4, -0.2) is 46.5 Å². The molecular weight excluding hydrogens is 292 g/mol. The van der Waals surface area contributed by atoms with Crippen molar-refractivity contribution in [2.24, 2.45) is 0 Å². The predicted octanol–water partition coefficient (Wildman–Crippen LogP) is 2.91. The second kappa shape index (κ2) is 7.28. The van der Waals surface area contributed by atoms with E-state index in [1.165, 1.54) is 0 Å². The van der Waals surface area contributed by atoms with Crippen LogP contribution >= 0.6 is 0 Å². The maximum Gasteiger partial charge on any atom is 0.322 e. The molecule has 0 bridgehead atoms. The van der Waals surface area contributed by atoms with E-state index in [1.807, 2.05) is 48.4 Å². The molecule has 3 rings (SSSR count). The normalized spacial score (nSPS) is 17.4. The van der Waals surface area contributed by atoms with Gasteiger partial charge < -0.3 is 15.0 Å². The average molecular weight is 314 g/mol. The van der Waals surface area contributed by atoms with Crippen molar-refractivity contribution < 1.29 is 9.53 Å². The Morgan fingerprint density at radius 3 is 2.91 bits per heavy atom. The number of nitrogens with one attached hydrogen (secondary N) is 1. The van der Waals surface area contributed by atoms with Gasteiger partial charge in [-0.05, 0) is 50.1 Å². The molecule has 0 saturated carbocycles. The molecule has 0 spiro atoms. The minimum absolute atomic E-state index is 0.0564. The first kappa shape index (κ1) is 15.6. The number of hydrogen-bond acceptors (Lipinski definition) is 3. The molecule has 1 aliphatic rings. The summed E-state index contributed by atoms with van der Waals surface area (Å²) in [5, 5.41) is 7.15. The van der Waals surface area contributed by atoms with E-state index >= 15 is 0 Å². The highest BCUT2D eigenvalue weighted by molar-refractivity contribution is 5.89. The van der Waals surface area contributed by atoms with E-state index in [0.29, 0.717) is 13.2 Å². The van der Waals surface area contributed by atoms with Gasteiger partial charge in [0.15, 0.2) is 0 Å². The summed E-state index contributed by atoms with van der Waals surface area (Å²) in [4.78, 5) is 14.3. The topological polar surface area (TPSA) is 59.4 Å². The number of nitrogens with zero attached hydrogens (tertiary/aromatic N) is 3. The molecule has 2 aromatic rings. The van der Waals surface area contributed by atoms with Gasteiger partial charge in [-0.2, -0.15) is 5.10 Å². The minimum Gasteiger partial charge on any atom is -0.380 e. The van der Waals surface area contributed by atoms with Crippen molar-refractivity contribution in [3.63, 3.8) is 0 Å². The van der Waals surface area contributed by atoms with Crippen LogP contribution in [-0.2, 0) is 4.74 Å². The third kappa shape index (κ3) is 3.71. The number of likely N-dealkylation sites (tertiary alicyclic amines) is 1. The van der Waals surface area contributed by atoms with Gasteiger partial charge >= 0.3 is 6.03 Å². The van der Waals surface area contributed by atoms with Crippen LogP contribution < -0.4 is 5.32 Å². The smallest absolute Gasteiger partial charge is 0.322 e. The molecule has 1 unspecified atom stereocenters. The Balaban J connectivity index is 1.61. The van der Waals surface area contributed by atoms with E-state index < -0.39 is 0 Å². The molecule has 0 radical (unpaired) electrons. The Morgan fingerprint density at radius 1 is 1.39 bits per heavy atom. The second-order valence-electron chi connectivity index (χ2n) is 5.58. The Bertz CT molecular complexity index is 625. The van der Waals surface area contributed by atoms with Crippen molar-refractivity contribution in [2.75, 3.05) is 25.1 Å². The molecule has 1 aromatic heterocycles. The van der Waals surface area contributed by atoms with Gasteiger partial charge in [-0.15, -0.1) is 0 Å². The zero-order valence-corrected chi connectivity index (χ0v) is 13.3. The average Bonchev–Trinajstić information content (AvgIpc) is 3.25. The van der Waals surface area contributed by atoms with Gasteiger partial charge in [0.25, 0.3) is 0 Å². The van der Waals surface area contributed by atoms with Crippen LogP contribution in [0.15, 0.2) is 42.7 Å². The van der Waals surface area contributed by atoms with Gasteiger partial charge in [0.1, 0.15) is 0 Å². The van der Waals surface area contributed by atoms with Gasteiger partial charge in [0, 0.05) is 31.2 Å². The van der Waals surface area contributed by atoms with Crippen molar-refractivity contribution in [3.05, 3.63) is 42.7 Å². The Labute approximate surface area is 136 Å². The fourth-order valence-electron chi connectivity index (χ4n) is 2.84. The molecule has 23 heavy (non-hydrogen) atoms. The molecule has 1 N–H and O–H groups in total. The molecule has 6 nitrogen and oxygen atoms in total. The number of anilines is 1. The lowest BCUT2D eigenvalue weighted by Gasteiger charge is -2.24. The van der Waals surface area contributed by atoms with Crippen LogP contribution in [0.1, 0.15) is 19.8 Å². The van der Waals surface area contributed by atoms with E-state index in [0.717, 1.165) is 30.8 Å². The predicted molar refractivity (Wildman–Crippen MR) is 88.8 cm³/mol. The van der Waals surface area contributed by atoms with Crippen molar-refractivity contribution in [1.82, 2.24) is 14.7 Å². The first-order chi connectivity index (χ1) is 11.3. The number of carbonyl (C=O) groups is 1. The molecule has 1 aliphatic heterocycles. The zero-order chi connectivity index (χ0) is 16.1. The van der Waals surface area contributed by atoms with Crippen LogP contribution in [0.25, 0.3) is 5.69 Å². The fraction of sp³-hybridized carbons (Fsp3) is 0.412.